The van der Waals surface area contributed by atoms with Crippen LogP contribution in [0.5, 0.6) is 0 Å². The molecule has 38 heavy (non-hydrogen) atoms. The van der Waals surface area contributed by atoms with Crippen molar-refractivity contribution >= 4 is 46.2 Å². The number of ether oxygens (including phenoxy) is 1. The summed E-state index contributed by atoms with van der Waals surface area (Å²) in [6.07, 6.45) is 0.302. The van der Waals surface area contributed by atoms with Crippen molar-refractivity contribution in [1.29, 1.82) is 5.26 Å². The molecule has 0 aliphatic carbocycles. The van der Waals surface area contributed by atoms with Crippen LogP contribution in [0.3, 0.4) is 0 Å². The number of hydrogen-bond donors (Lipinski definition) is 3. The Kier molecular flexibility index (Phi) is 7.33. The number of nitrogen functional groups attached to an aromatic ring is 2. The number of benzene rings is 1. The maximum absolute atomic E-state index is 13.7. The number of carbonyl (C=O) groups is 1. The third-order valence-corrected chi connectivity index (χ3v) is 6.46. The van der Waals surface area contributed by atoms with Gasteiger partial charge in [0.1, 0.15) is 28.9 Å². The Bertz CT molecular complexity index is 1490. The van der Waals surface area contributed by atoms with Gasteiger partial charge < -0.3 is 26.4 Å². The molecule has 12 nitrogen and oxygen atoms in total. The number of amides is 1. The molecule has 0 bridgehead atoms. The topological polar surface area (TPSA) is 178 Å². The zero-order valence-electron chi connectivity index (χ0n) is 21.7. The van der Waals surface area contributed by atoms with E-state index < -0.39 is 11.6 Å². The highest BCUT2D eigenvalue weighted by Crippen LogP contribution is 2.27. The van der Waals surface area contributed by atoms with E-state index in [1.165, 1.54) is 0 Å². The van der Waals surface area contributed by atoms with E-state index in [-0.39, 0.29) is 40.7 Å². The molecule has 3 heterocycles. The first kappa shape index (κ1) is 26.9. The maximum Gasteiger partial charge on any atom is 0.410 e. The molecule has 0 spiro atoms. The van der Waals surface area contributed by atoms with Crippen molar-refractivity contribution < 1.29 is 9.53 Å². The number of aromatic nitrogens is 4. The number of fused-ring (bicyclic) bond motifs is 1. The van der Waals surface area contributed by atoms with Crippen LogP contribution in [0, 0.1) is 17.2 Å². The molecule has 0 saturated carbocycles. The Balaban J connectivity index is 1.70. The van der Waals surface area contributed by atoms with Gasteiger partial charge in [0, 0.05) is 19.6 Å². The molecule has 0 unspecified atom stereocenters. The molecule has 1 fully saturated rings. The van der Waals surface area contributed by atoms with Crippen molar-refractivity contribution in [3.05, 3.63) is 45.0 Å². The molecule has 4 rings (SSSR count). The van der Waals surface area contributed by atoms with Crippen molar-refractivity contribution in [3.63, 3.8) is 0 Å². The van der Waals surface area contributed by atoms with Crippen molar-refractivity contribution in [1.82, 2.24) is 24.4 Å². The normalized spacial score (nSPS) is 16.3. The quantitative estimate of drug-likeness (QED) is 0.435. The Labute approximate surface area is 224 Å². The highest BCUT2D eigenvalue weighted by Gasteiger charge is 2.31. The number of nitrogens with one attached hydrogen (secondary N) is 1. The van der Waals surface area contributed by atoms with Crippen molar-refractivity contribution in [2.45, 2.75) is 52.3 Å². The first-order valence-corrected chi connectivity index (χ1v) is 12.5. The lowest BCUT2D eigenvalue weighted by molar-refractivity contribution is 0.0287. The number of halogens is 1. The Hall–Kier alpha value is -4.11. The fourth-order valence-corrected chi connectivity index (χ4v) is 4.71. The highest BCUT2D eigenvalue weighted by molar-refractivity contribution is 6.35. The second-order valence-electron chi connectivity index (χ2n) is 10.3. The smallest absolute Gasteiger partial charge is 0.410 e. The van der Waals surface area contributed by atoms with E-state index in [1.54, 1.807) is 34.6 Å². The first-order chi connectivity index (χ1) is 17.9. The highest BCUT2D eigenvalue weighted by atomic mass is 35.5. The van der Waals surface area contributed by atoms with Crippen LogP contribution in [0.15, 0.2) is 23.0 Å². The zero-order valence-corrected chi connectivity index (χ0v) is 22.4. The minimum Gasteiger partial charge on any atom is -0.444 e. The van der Waals surface area contributed by atoms with Gasteiger partial charge in [-0.1, -0.05) is 17.7 Å². The Morgan fingerprint density at radius 3 is 2.74 bits per heavy atom. The van der Waals surface area contributed by atoms with Gasteiger partial charge in [0.25, 0.3) is 5.56 Å². The van der Waals surface area contributed by atoms with E-state index in [0.29, 0.717) is 47.8 Å². The van der Waals surface area contributed by atoms with Gasteiger partial charge >= 0.3 is 6.09 Å². The van der Waals surface area contributed by atoms with Gasteiger partial charge in [0.15, 0.2) is 5.82 Å². The predicted octanol–water partition coefficient (Wildman–Crippen LogP) is 3.31. The van der Waals surface area contributed by atoms with E-state index in [1.807, 2.05) is 26.8 Å². The van der Waals surface area contributed by atoms with Gasteiger partial charge in [0.2, 0.25) is 5.95 Å². The summed E-state index contributed by atoms with van der Waals surface area (Å²) in [5, 5.41) is 13.3. The van der Waals surface area contributed by atoms with Crippen LogP contribution < -0.4 is 22.3 Å². The summed E-state index contributed by atoms with van der Waals surface area (Å²) in [7, 11) is 0. The van der Waals surface area contributed by atoms with Gasteiger partial charge in [-0.25, -0.2) is 9.78 Å². The molecule has 2 atom stereocenters. The predicted molar refractivity (Wildman–Crippen MR) is 145 cm³/mol. The van der Waals surface area contributed by atoms with Crippen LogP contribution in [-0.4, -0.2) is 49.2 Å². The van der Waals surface area contributed by atoms with Gasteiger partial charge in [-0.15, -0.1) is 0 Å². The van der Waals surface area contributed by atoms with Crippen LogP contribution in [0.4, 0.5) is 22.4 Å². The summed E-state index contributed by atoms with van der Waals surface area (Å²) in [6.45, 7) is 8.49. The van der Waals surface area contributed by atoms with Crippen LogP contribution in [0.25, 0.3) is 10.9 Å². The third-order valence-electron chi connectivity index (χ3n) is 6.15. The lowest BCUT2D eigenvalue weighted by Crippen LogP contribution is -2.36. The molecule has 5 N–H and O–H groups in total. The number of carbonyl (C=O) groups excluding carboxylic acids is 1. The molecule has 200 valence electrons. The van der Waals surface area contributed by atoms with E-state index in [0.717, 1.165) is 0 Å². The van der Waals surface area contributed by atoms with Crippen molar-refractivity contribution in [3.8, 4) is 6.07 Å². The minimum atomic E-state index is -0.602. The van der Waals surface area contributed by atoms with E-state index in [2.05, 4.69) is 15.3 Å². The number of nitrogens with two attached hydrogens (primary N) is 2. The summed E-state index contributed by atoms with van der Waals surface area (Å²) in [5.74, 6) is 0.362. The van der Waals surface area contributed by atoms with Gasteiger partial charge in [-0.05, 0) is 52.2 Å². The minimum absolute atomic E-state index is 0.0204. The average molecular weight is 540 g/mol. The Morgan fingerprint density at radius 2 is 2.05 bits per heavy atom. The second kappa shape index (κ2) is 10.3. The molecule has 3 aromatic rings. The molecular weight excluding hydrogens is 510 g/mol. The van der Waals surface area contributed by atoms with Crippen molar-refractivity contribution in [2.75, 3.05) is 29.9 Å². The van der Waals surface area contributed by atoms with Crippen LogP contribution >= 0.6 is 11.6 Å². The standard InChI is InChI=1S/C25H30ClN9O3/c1-13(30-20-15(10-27)19(28)32-23(29)33-20)21-31-17-7-5-6-16(26)18(17)22(36)35(21)12-14-8-9-34(11-14)24(37)38-25(2,3)4/h5-7,13-14H,8-9,11-12H2,1-4H3,(H5,28,29,30,32,33)/t13-,14-/m0/s1. The maximum atomic E-state index is 13.7. The fraction of sp³-hybridized carbons (Fsp3) is 0.440. The SMILES string of the molecule is C[C@H](Nc1nc(N)nc(N)c1C#N)c1nc2cccc(Cl)c2c(=O)n1C[C@H]1CCN(C(=O)OC(C)(C)C)C1. The second-order valence-corrected chi connectivity index (χ2v) is 10.7. The fourth-order valence-electron chi connectivity index (χ4n) is 4.46. The number of nitrogens with zero attached hydrogens (tertiary/aromatic N) is 6. The lowest BCUT2D eigenvalue weighted by Gasteiger charge is -2.25. The molecule has 2 aromatic heterocycles. The van der Waals surface area contributed by atoms with Gasteiger partial charge in [-0.2, -0.15) is 15.2 Å². The first-order valence-electron chi connectivity index (χ1n) is 12.1. The molecule has 13 heteroatoms. The molecular formula is C25H30ClN9O3. The summed E-state index contributed by atoms with van der Waals surface area (Å²) in [6, 6.07) is 6.47. The molecule has 1 aliphatic heterocycles. The number of nitriles is 1. The molecule has 1 saturated heterocycles. The van der Waals surface area contributed by atoms with E-state index in [4.69, 9.17) is 32.8 Å². The largest absolute Gasteiger partial charge is 0.444 e. The number of likely N-dealkylation sites (tertiary alicyclic amines) is 1. The number of anilines is 3. The summed E-state index contributed by atoms with van der Waals surface area (Å²) in [4.78, 5) is 40.7. The third kappa shape index (κ3) is 5.57. The number of rotatable bonds is 5. The van der Waals surface area contributed by atoms with Crippen molar-refractivity contribution in [2.24, 2.45) is 5.92 Å². The van der Waals surface area contributed by atoms with Gasteiger partial charge in [0.05, 0.1) is 22.0 Å². The van der Waals surface area contributed by atoms with Gasteiger partial charge in [-0.3, -0.25) is 9.36 Å². The van der Waals surface area contributed by atoms with Crippen LogP contribution in [0.1, 0.15) is 51.5 Å². The summed E-state index contributed by atoms with van der Waals surface area (Å²) < 4.78 is 7.07. The van der Waals surface area contributed by atoms with Crippen LogP contribution in [-0.2, 0) is 11.3 Å². The number of hydrogen-bond acceptors (Lipinski definition) is 10. The lowest BCUT2D eigenvalue weighted by atomic mass is 10.1. The van der Waals surface area contributed by atoms with E-state index in [9.17, 15) is 14.9 Å². The molecule has 0 radical (unpaired) electrons. The molecule has 1 aliphatic rings. The molecule has 1 amide bonds. The summed E-state index contributed by atoms with van der Waals surface area (Å²) >= 11 is 6.39. The monoisotopic (exact) mass is 539 g/mol. The Morgan fingerprint density at radius 1 is 1.32 bits per heavy atom. The molecule has 1 aromatic carbocycles. The van der Waals surface area contributed by atoms with E-state index >= 15 is 0 Å². The summed E-state index contributed by atoms with van der Waals surface area (Å²) in [5.41, 5.74) is 11.2. The average Bonchev–Trinajstić information content (AvgIpc) is 3.28. The van der Waals surface area contributed by atoms with Crippen LogP contribution in [0.2, 0.25) is 5.02 Å². The zero-order chi connectivity index (χ0) is 27.8.